The third-order valence-corrected chi connectivity index (χ3v) is 7.80. The number of nitrogens with zero attached hydrogens (tertiary/aromatic N) is 5. The molecular weight excluding hydrogens is 474 g/mol. The van der Waals surface area contributed by atoms with Crippen molar-refractivity contribution >= 4 is 50.6 Å². The van der Waals surface area contributed by atoms with Crippen LogP contribution in [0.15, 0.2) is 54.6 Å². The van der Waals surface area contributed by atoms with Gasteiger partial charge >= 0.3 is 0 Å². The van der Waals surface area contributed by atoms with Crippen LogP contribution in [0.4, 0.5) is 34.5 Å². The fourth-order valence-electron chi connectivity index (χ4n) is 4.40. The quantitative estimate of drug-likeness (QED) is 0.502. The van der Waals surface area contributed by atoms with E-state index in [1.807, 2.05) is 42.5 Å². The number of allylic oxidation sites excluding steroid dienone is 1. The first-order valence-electron chi connectivity index (χ1n) is 12.0. The number of nitrogens with one attached hydrogen (secondary N) is 2. The Morgan fingerprint density at radius 2 is 1.67 bits per heavy atom. The Morgan fingerprint density at radius 1 is 0.944 bits per heavy atom. The van der Waals surface area contributed by atoms with Gasteiger partial charge in [0.15, 0.2) is 0 Å². The molecule has 0 unspecified atom stereocenters. The van der Waals surface area contributed by atoms with E-state index in [1.165, 1.54) is 16.2 Å². The molecule has 9 nitrogen and oxygen atoms in total. The van der Waals surface area contributed by atoms with E-state index >= 15 is 0 Å². The van der Waals surface area contributed by atoms with Gasteiger partial charge in [0.1, 0.15) is 5.82 Å². The fourth-order valence-corrected chi connectivity index (χ4v) is 4.91. The Labute approximate surface area is 212 Å². The lowest BCUT2D eigenvalue weighted by Gasteiger charge is -2.34. The summed E-state index contributed by atoms with van der Waals surface area (Å²) < 4.78 is 25.6. The standard InChI is InChI=1S/C26H31N7O2S/c1-31-15-17-33(18-16-31)20-13-11-19(12-14-20)27-26-29-22-9-6-7-21(22)25(30-26)28-23-8-4-5-10-24(23)32(2)36(3,34)35/h4-8,10-14H,9,15-18H2,1-3H3,(H2,27,28,29,30). The molecule has 2 aromatic carbocycles. The van der Waals surface area contributed by atoms with Crippen LogP contribution in [0.25, 0.3) is 6.08 Å². The minimum absolute atomic E-state index is 0.487. The van der Waals surface area contributed by atoms with E-state index < -0.39 is 10.0 Å². The summed E-state index contributed by atoms with van der Waals surface area (Å²) in [5.41, 5.74) is 5.13. The van der Waals surface area contributed by atoms with Crippen molar-refractivity contribution in [3.05, 3.63) is 65.9 Å². The number of hydrogen-bond donors (Lipinski definition) is 2. The van der Waals surface area contributed by atoms with Crippen LogP contribution < -0.4 is 19.8 Å². The van der Waals surface area contributed by atoms with Crippen LogP contribution in [0.5, 0.6) is 0 Å². The number of anilines is 6. The molecule has 1 saturated heterocycles. The summed E-state index contributed by atoms with van der Waals surface area (Å²) in [6, 6.07) is 15.6. The lowest BCUT2D eigenvalue weighted by molar-refractivity contribution is 0.313. The van der Waals surface area contributed by atoms with E-state index in [9.17, 15) is 8.42 Å². The average Bonchev–Trinajstić information content (AvgIpc) is 3.33. The number of rotatable bonds is 7. The largest absolute Gasteiger partial charge is 0.369 e. The number of para-hydroxylation sites is 2. The van der Waals surface area contributed by atoms with E-state index in [2.05, 4.69) is 39.6 Å². The topological polar surface area (TPSA) is 93.7 Å². The molecule has 0 spiro atoms. The van der Waals surface area contributed by atoms with Gasteiger partial charge in [-0.25, -0.2) is 13.4 Å². The summed E-state index contributed by atoms with van der Waals surface area (Å²) >= 11 is 0. The first-order valence-corrected chi connectivity index (χ1v) is 13.8. The van der Waals surface area contributed by atoms with Crippen LogP contribution in [0, 0.1) is 0 Å². The summed E-state index contributed by atoms with van der Waals surface area (Å²) in [5, 5.41) is 6.68. The zero-order valence-corrected chi connectivity index (χ0v) is 21.6. The number of sulfonamides is 1. The van der Waals surface area contributed by atoms with Gasteiger partial charge in [0.2, 0.25) is 16.0 Å². The van der Waals surface area contributed by atoms with Crippen molar-refractivity contribution in [2.75, 3.05) is 66.4 Å². The minimum atomic E-state index is -3.42. The van der Waals surface area contributed by atoms with Gasteiger partial charge in [-0.2, -0.15) is 4.98 Å². The summed E-state index contributed by atoms with van der Waals surface area (Å²) in [4.78, 5) is 14.2. The van der Waals surface area contributed by atoms with Gasteiger partial charge in [0.05, 0.1) is 23.3 Å². The van der Waals surface area contributed by atoms with Gasteiger partial charge in [-0.05, 0) is 43.4 Å². The van der Waals surface area contributed by atoms with E-state index in [-0.39, 0.29) is 0 Å². The van der Waals surface area contributed by atoms with Crippen LogP contribution in [0.1, 0.15) is 11.3 Å². The molecule has 2 aliphatic rings. The molecular formula is C26H31N7O2S. The second-order valence-electron chi connectivity index (χ2n) is 9.20. The highest BCUT2D eigenvalue weighted by atomic mass is 32.2. The smallest absolute Gasteiger partial charge is 0.232 e. The van der Waals surface area contributed by atoms with Gasteiger partial charge in [-0.15, -0.1) is 0 Å². The molecule has 1 aliphatic heterocycles. The predicted molar refractivity (Wildman–Crippen MR) is 147 cm³/mol. The van der Waals surface area contributed by atoms with Gasteiger partial charge < -0.3 is 20.4 Å². The van der Waals surface area contributed by atoms with E-state index in [0.717, 1.165) is 43.1 Å². The maximum Gasteiger partial charge on any atom is 0.232 e. The molecule has 36 heavy (non-hydrogen) atoms. The monoisotopic (exact) mass is 505 g/mol. The molecule has 0 amide bonds. The van der Waals surface area contributed by atoms with Crippen molar-refractivity contribution in [2.24, 2.45) is 0 Å². The Hall–Kier alpha value is -3.63. The lowest BCUT2D eigenvalue weighted by atomic mass is 10.2. The molecule has 3 aromatic rings. The molecule has 0 saturated carbocycles. The van der Waals surface area contributed by atoms with Crippen molar-refractivity contribution in [2.45, 2.75) is 6.42 Å². The fraction of sp³-hybridized carbons (Fsp3) is 0.308. The van der Waals surface area contributed by atoms with Gasteiger partial charge in [0.25, 0.3) is 0 Å². The number of benzene rings is 2. The zero-order chi connectivity index (χ0) is 25.3. The van der Waals surface area contributed by atoms with E-state index in [1.54, 1.807) is 13.1 Å². The molecule has 1 aliphatic carbocycles. The number of aromatic nitrogens is 2. The van der Waals surface area contributed by atoms with Crippen LogP contribution in [0.3, 0.4) is 0 Å². The molecule has 0 radical (unpaired) electrons. The van der Waals surface area contributed by atoms with Crippen molar-refractivity contribution in [3.63, 3.8) is 0 Å². The number of hydrogen-bond acceptors (Lipinski definition) is 8. The predicted octanol–water partition coefficient (Wildman–Crippen LogP) is 3.68. The van der Waals surface area contributed by atoms with Crippen LogP contribution >= 0.6 is 0 Å². The Balaban J connectivity index is 1.39. The minimum Gasteiger partial charge on any atom is -0.369 e. The third-order valence-electron chi connectivity index (χ3n) is 6.61. The first kappa shape index (κ1) is 24.1. The number of fused-ring (bicyclic) bond motifs is 1. The summed E-state index contributed by atoms with van der Waals surface area (Å²) in [6.45, 7) is 4.18. The van der Waals surface area contributed by atoms with Crippen LogP contribution in [-0.4, -0.2) is 69.8 Å². The van der Waals surface area contributed by atoms with Crippen LogP contribution in [-0.2, 0) is 16.4 Å². The van der Waals surface area contributed by atoms with Crippen LogP contribution in [0.2, 0.25) is 0 Å². The van der Waals surface area contributed by atoms with Crippen molar-refractivity contribution in [1.82, 2.24) is 14.9 Å². The Kier molecular flexibility index (Phi) is 6.55. The molecule has 1 aromatic heterocycles. The van der Waals surface area contributed by atoms with Crippen molar-refractivity contribution in [1.29, 1.82) is 0 Å². The van der Waals surface area contributed by atoms with Gasteiger partial charge in [0, 0.05) is 56.6 Å². The van der Waals surface area contributed by atoms with Crippen molar-refractivity contribution in [3.8, 4) is 0 Å². The van der Waals surface area contributed by atoms with Crippen molar-refractivity contribution < 1.29 is 8.42 Å². The SMILES string of the molecule is CN1CCN(c2ccc(Nc3nc4c(c(Nc5ccccc5N(C)S(C)(=O)=O)n3)C=CC4)cc2)CC1. The average molecular weight is 506 g/mol. The highest BCUT2D eigenvalue weighted by Crippen LogP contribution is 2.33. The number of piperazine rings is 1. The molecule has 0 bridgehead atoms. The molecule has 2 heterocycles. The second-order valence-corrected chi connectivity index (χ2v) is 11.2. The molecule has 0 atom stereocenters. The van der Waals surface area contributed by atoms with Gasteiger partial charge in [-0.1, -0.05) is 24.3 Å². The lowest BCUT2D eigenvalue weighted by Crippen LogP contribution is -2.44. The van der Waals surface area contributed by atoms with Gasteiger partial charge in [-0.3, -0.25) is 4.31 Å². The Morgan fingerprint density at radius 3 is 2.39 bits per heavy atom. The molecule has 5 rings (SSSR count). The maximum absolute atomic E-state index is 12.2. The summed E-state index contributed by atoms with van der Waals surface area (Å²) in [7, 11) is 0.278. The highest BCUT2D eigenvalue weighted by Gasteiger charge is 2.20. The molecule has 188 valence electrons. The summed E-state index contributed by atoms with van der Waals surface area (Å²) in [6.07, 6.45) is 5.95. The third kappa shape index (κ3) is 5.14. The second kappa shape index (κ2) is 9.79. The molecule has 2 N–H and O–H groups in total. The summed E-state index contributed by atoms with van der Waals surface area (Å²) in [5.74, 6) is 1.11. The molecule has 10 heteroatoms. The van der Waals surface area contributed by atoms with E-state index in [4.69, 9.17) is 9.97 Å². The zero-order valence-electron chi connectivity index (χ0n) is 20.8. The highest BCUT2D eigenvalue weighted by molar-refractivity contribution is 7.92. The molecule has 1 fully saturated rings. The van der Waals surface area contributed by atoms with E-state index in [0.29, 0.717) is 29.6 Å². The number of likely N-dealkylation sites (N-methyl/N-ethyl adjacent to an activating group) is 1. The maximum atomic E-state index is 12.2. The first-order chi connectivity index (χ1) is 17.3. The normalized spacial score (nSPS) is 15.6. The Bertz CT molecular complexity index is 1380.